The summed E-state index contributed by atoms with van der Waals surface area (Å²) in [5, 5.41) is 7.98. The van der Waals surface area contributed by atoms with E-state index in [0.29, 0.717) is 19.6 Å². The third-order valence-electron chi connectivity index (χ3n) is 4.38. The Labute approximate surface area is 145 Å². The van der Waals surface area contributed by atoms with Gasteiger partial charge in [0, 0.05) is 44.4 Å². The minimum atomic E-state index is -0.600. The fraction of sp³-hybridized carbons (Fsp3) is 0.389. The van der Waals surface area contributed by atoms with Crippen LogP contribution in [0, 0.1) is 11.6 Å². The monoisotopic (exact) mass is 346 g/mol. The lowest BCUT2D eigenvalue weighted by atomic mass is 10.1. The lowest BCUT2D eigenvalue weighted by molar-refractivity contribution is -0.130. The zero-order valence-electron chi connectivity index (χ0n) is 13.9. The van der Waals surface area contributed by atoms with Crippen LogP contribution in [0.5, 0.6) is 0 Å². The van der Waals surface area contributed by atoms with E-state index in [4.69, 9.17) is 0 Å². The maximum absolute atomic E-state index is 13.7. The van der Waals surface area contributed by atoms with Crippen LogP contribution in [0.2, 0.25) is 0 Å². The fourth-order valence-corrected chi connectivity index (χ4v) is 3.02. The summed E-state index contributed by atoms with van der Waals surface area (Å²) in [6, 6.07) is 7.48. The first-order valence-electron chi connectivity index (χ1n) is 8.38. The molecule has 0 unspecified atom stereocenters. The summed E-state index contributed by atoms with van der Waals surface area (Å²) in [6.07, 6.45) is 2.61. The lowest BCUT2D eigenvalue weighted by Gasteiger charge is -2.22. The summed E-state index contributed by atoms with van der Waals surface area (Å²) in [4.78, 5) is 16.3. The molecule has 0 saturated carbocycles. The molecule has 132 valence electrons. The van der Waals surface area contributed by atoms with E-state index in [0.717, 1.165) is 18.8 Å². The summed E-state index contributed by atoms with van der Waals surface area (Å²) in [5.41, 5.74) is -0.0214. The highest BCUT2D eigenvalue weighted by Crippen LogP contribution is 2.16. The fourth-order valence-electron chi connectivity index (χ4n) is 3.02. The summed E-state index contributed by atoms with van der Waals surface area (Å²) in [7, 11) is 0. The lowest BCUT2D eigenvalue weighted by Crippen LogP contribution is -2.35. The molecule has 1 fully saturated rings. The number of benzene rings is 1. The van der Waals surface area contributed by atoms with Crippen LogP contribution in [0.3, 0.4) is 0 Å². The van der Waals surface area contributed by atoms with E-state index < -0.39 is 11.6 Å². The number of rotatable bonds is 4. The van der Waals surface area contributed by atoms with Crippen LogP contribution >= 0.6 is 0 Å². The van der Waals surface area contributed by atoms with E-state index in [2.05, 4.69) is 15.1 Å². The highest BCUT2D eigenvalue weighted by molar-refractivity contribution is 5.76. The van der Waals surface area contributed by atoms with E-state index in [1.807, 2.05) is 12.1 Å². The van der Waals surface area contributed by atoms with Gasteiger partial charge in [-0.15, -0.1) is 5.10 Å². The molecule has 0 radical (unpaired) electrons. The molecule has 1 amide bonds. The molecular weight excluding hydrogens is 326 g/mol. The quantitative estimate of drug-likeness (QED) is 0.853. The number of halogens is 2. The Morgan fingerprint density at radius 1 is 1.04 bits per heavy atom. The van der Waals surface area contributed by atoms with Gasteiger partial charge < -0.3 is 9.80 Å². The Morgan fingerprint density at radius 3 is 2.56 bits per heavy atom. The molecule has 0 aliphatic carbocycles. The van der Waals surface area contributed by atoms with Gasteiger partial charge in [0.05, 0.1) is 0 Å². The molecule has 5 nitrogen and oxygen atoms in total. The first kappa shape index (κ1) is 17.3. The second-order valence-corrected chi connectivity index (χ2v) is 6.00. The van der Waals surface area contributed by atoms with Crippen molar-refractivity contribution in [2.24, 2.45) is 0 Å². The molecule has 3 rings (SSSR count). The second-order valence-electron chi connectivity index (χ2n) is 6.00. The van der Waals surface area contributed by atoms with Gasteiger partial charge in [-0.25, -0.2) is 8.78 Å². The standard InChI is InChI=1S/C18H20F2N4O/c19-15-4-1-5-16(20)14(15)7-8-18(25)24-11-3-10-23(12-13-24)17-6-2-9-21-22-17/h1-2,4-6,9H,3,7-8,10-13H2. The van der Waals surface area contributed by atoms with Crippen LogP contribution in [0.15, 0.2) is 36.5 Å². The average molecular weight is 346 g/mol. The maximum Gasteiger partial charge on any atom is 0.222 e. The van der Waals surface area contributed by atoms with Crippen LogP contribution in [-0.4, -0.2) is 47.2 Å². The van der Waals surface area contributed by atoms with Crippen molar-refractivity contribution in [3.63, 3.8) is 0 Å². The van der Waals surface area contributed by atoms with Crippen molar-refractivity contribution in [2.45, 2.75) is 19.3 Å². The number of amides is 1. The van der Waals surface area contributed by atoms with Crippen LogP contribution in [0.1, 0.15) is 18.4 Å². The van der Waals surface area contributed by atoms with Crippen LogP contribution in [0.4, 0.5) is 14.6 Å². The van der Waals surface area contributed by atoms with Gasteiger partial charge in [-0.2, -0.15) is 5.10 Å². The molecule has 0 spiro atoms. The van der Waals surface area contributed by atoms with Gasteiger partial charge in [0.25, 0.3) is 0 Å². The first-order valence-corrected chi connectivity index (χ1v) is 8.38. The SMILES string of the molecule is O=C(CCc1c(F)cccc1F)N1CCCN(c2cccnn2)CC1. The third kappa shape index (κ3) is 4.29. The van der Waals surface area contributed by atoms with Crippen molar-refractivity contribution >= 4 is 11.7 Å². The molecule has 0 N–H and O–H groups in total. The Bertz CT molecular complexity index is 706. The van der Waals surface area contributed by atoms with Crippen molar-refractivity contribution in [1.82, 2.24) is 15.1 Å². The maximum atomic E-state index is 13.7. The summed E-state index contributed by atoms with van der Waals surface area (Å²) in [6.45, 7) is 2.66. The number of hydrogen-bond acceptors (Lipinski definition) is 4. The molecule has 25 heavy (non-hydrogen) atoms. The number of nitrogens with zero attached hydrogens (tertiary/aromatic N) is 4. The number of aromatic nitrogens is 2. The highest BCUT2D eigenvalue weighted by Gasteiger charge is 2.20. The van der Waals surface area contributed by atoms with E-state index in [-0.39, 0.29) is 24.3 Å². The Kier molecular flexibility index (Phi) is 5.53. The zero-order chi connectivity index (χ0) is 17.6. The van der Waals surface area contributed by atoms with Gasteiger partial charge in [-0.05, 0) is 37.1 Å². The summed E-state index contributed by atoms with van der Waals surface area (Å²) >= 11 is 0. The van der Waals surface area contributed by atoms with Crippen molar-refractivity contribution in [1.29, 1.82) is 0 Å². The minimum absolute atomic E-state index is 0.0214. The summed E-state index contributed by atoms with van der Waals surface area (Å²) in [5.74, 6) is -0.483. The smallest absolute Gasteiger partial charge is 0.222 e. The second kappa shape index (κ2) is 8.00. The zero-order valence-corrected chi connectivity index (χ0v) is 13.9. The van der Waals surface area contributed by atoms with Gasteiger partial charge in [0.2, 0.25) is 5.91 Å². The molecule has 1 aromatic carbocycles. The molecule has 7 heteroatoms. The van der Waals surface area contributed by atoms with Gasteiger partial charge in [-0.3, -0.25) is 4.79 Å². The Morgan fingerprint density at radius 2 is 1.84 bits per heavy atom. The molecule has 1 saturated heterocycles. The predicted octanol–water partition coefficient (Wildman–Crippen LogP) is 2.43. The minimum Gasteiger partial charge on any atom is -0.353 e. The number of carbonyl (C=O) groups excluding carboxylic acids is 1. The molecule has 1 aliphatic rings. The average Bonchev–Trinajstić information content (AvgIpc) is 2.88. The topological polar surface area (TPSA) is 49.3 Å². The van der Waals surface area contributed by atoms with Crippen LogP contribution < -0.4 is 4.90 Å². The Hall–Kier alpha value is -2.57. The molecule has 1 aliphatic heterocycles. The third-order valence-corrected chi connectivity index (χ3v) is 4.38. The van der Waals surface area contributed by atoms with Gasteiger partial charge in [-0.1, -0.05) is 6.07 Å². The van der Waals surface area contributed by atoms with E-state index in [9.17, 15) is 13.6 Å². The molecule has 0 atom stereocenters. The van der Waals surface area contributed by atoms with Crippen molar-refractivity contribution in [2.75, 3.05) is 31.1 Å². The first-order chi connectivity index (χ1) is 12.1. The van der Waals surface area contributed by atoms with Gasteiger partial charge in [0.1, 0.15) is 11.6 Å². The van der Waals surface area contributed by atoms with Gasteiger partial charge in [0.15, 0.2) is 5.82 Å². The van der Waals surface area contributed by atoms with Crippen LogP contribution in [-0.2, 0) is 11.2 Å². The Balaban J connectivity index is 1.56. The number of hydrogen-bond donors (Lipinski definition) is 0. The van der Waals surface area contributed by atoms with Crippen molar-refractivity contribution < 1.29 is 13.6 Å². The summed E-state index contributed by atoms with van der Waals surface area (Å²) < 4.78 is 27.3. The van der Waals surface area contributed by atoms with E-state index in [1.54, 1.807) is 11.1 Å². The van der Waals surface area contributed by atoms with E-state index in [1.165, 1.54) is 18.2 Å². The van der Waals surface area contributed by atoms with Crippen molar-refractivity contribution in [3.05, 3.63) is 53.7 Å². The molecule has 2 aromatic rings. The van der Waals surface area contributed by atoms with Crippen LogP contribution in [0.25, 0.3) is 0 Å². The normalized spacial score (nSPS) is 15.1. The molecule has 2 heterocycles. The van der Waals surface area contributed by atoms with Gasteiger partial charge >= 0.3 is 0 Å². The number of anilines is 1. The predicted molar refractivity (Wildman–Crippen MR) is 90.1 cm³/mol. The highest BCUT2D eigenvalue weighted by atomic mass is 19.1. The largest absolute Gasteiger partial charge is 0.353 e. The van der Waals surface area contributed by atoms with E-state index >= 15 is 0 Å². The number of carbonyl (C=O) groups is 1. The molecular formula is C18H20F2N4O. The molecule has 1 aromatic heterocycles. The molecule has 0 bridgehead atoms. The van der Waals surface area contributed by atoms with Crippen molar-refractivity contribution in [3.8, 4) is 0 Å².